The summed E-state index contributed by atoms with van der Waals surface area (Å²) in [4.78, 5) is 4.50. The first kappa shape index (κ1) is 12.6. The van der Waals surface area contributed by atoms with Crippen LogP contribution in [0.4, 0.5) is 0 Å². The molecule has 0 bridgehead atoms. The van der Waals surface area contributed by atoms with E-state index < -0.39 is 0 Å². The molecule has 1 aromatic rings. The lowest BCUT2D eigenvalue weighted by Gasteiger charge is -2.18. The zero-order valence-electron chi connectivity index (χ0n) is 11.0. The van der Waals surface area contributed by atoms with Gasteiger partial charge in [-0.05, 0) is 42.7 Å². The number of hydrogen-bond donors (Lipinski definition) is 1. The van der Waals surface area contributed by atoms with Gasteiger partial charge in [-0.1, -0.05) is 26.3 Å². The Morgan fingerprint density at radius 3 is 2.76 bits per heavy atom. The van der Waals surface area contributed by atoms with Gasteiger partial charge in [0.15, 0.2) is 0 Å². The topological polar surface area (TPSA) is 38.9 Å². The summed E-state index contributed by atoms with van der Waals surface area (Å²) in [5, 5.41) is 0. The fourth-order valence-electron chi connectivity index (χ4n) is 2.83. The molecule has 2 heteroatoms. The van der Waals surface area contributed by atoms with Crippen LogP contribution < -0.4 is 5.73 Å². The van der Waals surface area contributed by atoms with Gasteiger partial charge in [0.2, 0.25) is 0 Å². The molecular weight excluding hydrogens is 208 g/mol. The van der Waals surface area contributed by atoms with E-state index in [2.05, 4.69) is 31.0 Å². The van der Waals surface area contributed by atoms with Gasteiger partial charge >= 0.3 is 0 Å². The van der Waals surface area contributed by atoms with Gasteiger partial charge in [0, 0.05) is 24.4 Å². The van der Waals surface area contributed by atoms with Crippen LogP contribution >= 0.6 is 0 Å². The predicted molar refractivity (Wildman–Crippen MR) is 71.8 cm³/mol. The molecule has 17 heavy (non-hydrogen) atoms. The Morgan fingerprint density at radius 1 is 1.41 bits per heavy atom. The standard InChI is InChI=1S/C15H24N2/c1-3-12-5-7-14(17-10-12)9-15(16)13-6-4-11(2)8-13/h5,7,10-11,13,15H,3-4,6,8-9,16H2,1-2H3. The summed E-state index contributed by atoms with van der Waals surface area (Å²) in [6.07, 6.45) is 7.92. The molecule has 0 amide bonds. The predicted octanol–water partition coefficient (Wildman–Crippen LogP) is 2.95. The number of nitrogens with two attached hydrogens (primary N) is 1. The second-order valence-corrected chi connectivity index (χ2v) is 5.56. The third-order valence-corrected chi connectivity index (χ3v) is 4.08. The van der Waals surface area contributed by atoms with Gasteiger partial charge in [-0.2, -0.15) is 0 Å². The lowest BCUT2D eigenvalue weighted by atomic mass is 9.94. The van der Waals surface area contributed by atoms with Gasteiger partial charge in [0.25, 0.3) is 0 Å². The minimum absolute atomic E-state index is 0.292. The van der Waals surface area contributed by atoms with Gasteiger partial charge < -0.3 is 5.73 Å². The molecule has 1 aromatic heterocycles. The Hall–Kier alpha value is -0.890. The number of rotatable bonds is 4. The Balaban J connectivity index is 1.91. The van der Waals surface area contributed by atoms with Crippen molar-refractivity contribution in [2.24, 2.45) is 17.6 Å². The summed E-state index contributed by atoms with van der Waals surface area (Å²) in [5.41, 5.74) is 8.75. The SMILES string of the molecule is CCc1ccc(CC(N)C2CCC(C)C2)nc1. The number of aromatic nitrogens is 1. The quantitative estimate of drug-likeness (QED) is 0.867. The van der Waals surface area contributed by atoms with Crippen molar-refractivity contribution < 1.29 is 0 Å². The summed E-state index contributed by atoms with van der Waals surface area (Å²) < 4.78 is 0. The molecule has 1 fully saturated rings. The minimum atomic E-state index is 0.292. The molecule has 94 valence electrons. The van der Waals surface area contributed by atoms with Crippen molar-refractivity contribution in [3.05, 3.63) is 29.6 Å². The van der Waals surface area contributed by atoms with Crippen LogP contribution in [0.1, 0.15) is 44.4 Å². The first-order chi connectivity index (χ1) is 8.19. The van der Waals surface area contributed by atoms with Crippen molar-refractivity contribution >= 4 is 0 Å². The molecular formula is C15H24N2. The van der Waals surface area contributed by atoms with Crippen molar-refractivity contribution in [1.29, 1.82) is 0 Å². The summed E-state index contributed by atoms with van der Waals surface area (Å²) >= 11 is 0. The number of pyridine rings is 1. The van der Waals surface area contributed by atoms with E-state index in [4.69, 9.17) is 5.73 Å². The maximum atomic E-state index is 6.30. The van der Waals surface area contributed by atoms with Crippen molar-refractivity contribution in [2.45, 2.75) is 52.0 Å². The maximum absolute atomic E-state index is 6.30. The van der Waals surface area contributed by atoms with Crippen LogP contribution in [-0.2, 0) is 12.8 Å². The molecule has 0 saturated heterocycles. The fraction of sp³-hybridized carbons (Fsp3) is 0.667. The van der Waals surface area contributed by atoms with Crippen LogP contribution in [0.25, 0.3) is 0 Å². The molecule has 0 spiro atoms. The Labute approximate surface area is 105 Å². The molecule has 0 aliphatic heterocycles. The molecule has 2 nitrogen and oxygen atoms in total. The molecule has 0 aromatic carbocycles. The van der Waals surface area contributed by atoms with E-state index in [0.29, 0.717) is 12.0 Å². The van der Waals surface area contributed by atoms with Gasteiger partial charge in [-0.3, -0.25) is 4.98 Å². The second-order valence-electron chi connectivity index (χ2n) is 5.56. The zero-order chi connectivity index (χ0) is 12.3. The second kappa shape index (κ2) is 5.63. The summed E-state index contributed by atoms with van der Waals surface area (Å²) in [6, 6.07) is 4.60. The number of nitrogens with zero attached hydrogens (tertiary/aromatic N) is 1. The minimum Gasteiger partial charge on any atom is -0.327 e. The summed E-state index contributed by atoms with van der Waals surface area (Å²) in [7, 11) is 0. The zero-order valence-corrected chi connectivity index (χ0v) is 11.0. The molecule has 2 N–H and O–H groups in total. The van der Waals surface area contributed by atoms with Gasteiger partial charge in [-0.15, -0.1) is 0 Å². The lowest BCUT2D eigenvalue weighted by Crippen LogP contribution is -2.31. The van der Waals surface area contributed by atoms with E-state index in [1.54, 1.807) is 0 Å². The normalized spacial score (nSPS) is 26.1. The highest BCUT2D eigenvalue weighted by Crippen LogP contribution is 2.32. The van der Waals surface area contributed by atoms with Crippen molar-refractivity contribution in [3.63, 3.8) is 0 Å². The molecule has 3 unspecified atom stereocenters. The van der Waals surface area contributed by atoms with Crippen LogP contribution in [0.2, 0.25) is 0 Å². The highest BCUT2D eigenvalue weighted by atomic mass is 14.7. The van der Waals surface area contributed by atoms with Gasteiger partial charge in [-0.25, -0.2) is 0 Å². The largest absolute Gasteiger partial charge is 0.327 e. The molecule has 3 atom stereocenters. The van der Waals surface area contributed by atoms with Crippen molar-refractivity contribution in [1.82, 2.24) is 4.98 Å². The van der Waals surface area contributed by atoms with Crippen LogP contribution in [0.3, 0.4) is 0 Å². The van der Waals surface area contributed by atoms with Crippen LogP contribution in [-0.4, -0.2) is 11.0 Å². The van der Waals surface area contributed by atoms with Crippen molar-refractivity contribution in [3.8, 4) is 0 Å². The summed E-state index contributed by atoms with van der Waals surface area (Å²) in [5.74, 6) is 1.57. The fourth-order valence-corrected chi connectivity index (χ4v) is 2.83. The first-order valence-electron chi connectivity index (χ1n) is 6.88. The summed E-state index contributed by atoms with van der Waals surface area (Å²) in [6.45, 7) is 4.49. The molecule has 1 heterocycles. The Bertz CT molecular complexity index is 344. The third-order valence-electron chi connectivity index (χ3n) is 4.08. The van der Waals surface area contributed by atoms with E-state index in [-0.39, 0.29) is 0 Å². The van der Waals surface area contributed by atoms with Gasteiger partial charge in [0.1, 0.15) is 0 Å². The van der Waals surface area contributed by atoms with Crippen LogP contribution in [0.5, 0.6) is 0 Å². The maximum Gasteiger partial charge on any atom is 0.0419 e. The Morgan fingerprint density at radius 2 is 2.24 bits per heavy atom. The number of hydrogen-bond acceptors (Lipinski definition) is 2. The molecule has 0 radical (unpaired) electrons. The van der Waals surface area contributed by atoms with Crippen LogP contribution in [0.15, 0.2) is 18.3 Å². The highest BCUT2D eigenvalue weighted by molar-refractivity contribution is 5.14. The van der Waals surface area contributed by atoms with E-state index in [0.717, 1.165) is 24.5 Å². The average Bonchev–Trinajstić information content (AvgIpc) is 2.77. The molecule has 1 aliphatic rings. The van der Waals surface area contributed by atoms with E-state index in [1.807, 2.05) is 6.20 Å². The lowest BCUT2D eigenvalue weighted by molar-refractivity contribution is 0.413. The van der Waals surface area contributed by atoms with E-state index in [1.165, 1.54) is 24.8 Å². The monoisotopic (exact) mass is 232 g/mol. The van der Waals surface area contributed by atoms with Crippen LogP contribution in [0, 0.1) is 11.8 Å². The van der Waals surface area contributed by atoms with Gasteiger partial charge in [0.05, 0.1) is 0 Å². The number of aryl methyl sites for hydroxylation is 1. The van der Waals surface area contributed by atoms with Crippen molar-refractivity contribution in [2.75, 3.05) is 0 Å². The Kier molecular flexibility index (Phi) is 4.16. The van der Waals surface area contributed by atoms with E-state index in [9.17, 15) is 0 Å². The molecule has 1 saturated carbocycles. The smallest absolute Gasteiger partial charge is 0.0419 e. The third kappa shape index (κ3) is 3.29. The van der Waals surface area contributed by atoms with E-state index >= 15 is 0 Å². The first-order valence-corrected chi connectivity index (χ1v) is 6.88. The molecule has 1 aliphatic carbocycles. The average molecular weight is 232 g/mol. The highest BCUT2D eigenvalue weighted by Gasteiger charge is 2.26. The molecule has 2 rings (SSSR count).